The van der Waals surface area contributed by atoms with Gasteiger partial charge in [-0.1, -0.05) is 0 Å². The molecule has 1 N–H and O–H groups in total. The molecular weight excluding hydrogens is 134 g/mol. The van der Waals surface area contributed by atoms with Crippen molar-refractivity contribution in [3.63, 3.8) is 0 Å². The van der Waals surface area contributed by atoms with Crippen molar-refractivity contribution < 1.29 is 9.46 Å². The first-order chi connectivity index (χ1) is 3.41. The molecule has 0 aromatic carbocycles. The van der Waals surface area contributed by atoms with Gasteiger partial charge in [0.25, 0.3) is 0 Å². The Morgan fingerprint density at radius 3 is 1.50 bits per heavy atom. The Morgan fingerprint density at radius 2 is 1.50 bits per heavy atom. The van der Waals surface area contributed by atoms with Crippen LogP contribution in [-0.4, -0.2) is 32.8 Å². The molecule has 0 atom stereocenters. The minimum absolute atomic E-state index is 0.639. The molecule has 0 aliphatic heterocycles. The standard InChI is InChI=1S/C4H9.Na.HO2P/c1-4(2)3;;1-3-2/h1-3H3;;(H,1,2). The SMILES string of the molecule is C[C](C)(C)[Na].O=PO. The summed E-state index contributed by atoms with van der Waals surface area (Å²) in [6.07, 6.45) is 0. The van der Waals surface area contributed by atoms with Crippen LogP contribution in [0.5, 0.6) is 0 Å². The maximum absolute atomic E-state index is 8.46. The van der Waals surface area contributed by atoms with Gasteiger partial charge in [0.1, 0.15) is 0 Å². The van der Waals surface area contributed by atoms with E-state index >= 15 is 0 Å². The molecule has 0 rings (SSSR count). The zero-order valence-electron chi connectivity index (χ0n) is 5.80. The Morgan fingerprint density at radius 1 is 1.50 bits per heavy atom. The van der Waals surface area contributed by atoms with Crippen LogP contribution >= 0.6 is 8.69 Å². The van der Waals surface area contributed by atoms with Crippen LogP contribution in [0, 0.1) is 0 Å². The fourth-order valence-corrected chi connectivity index (χ4v) is 0. The van der Waals surface area contributed by atoms with Crippen molar-refractivity contribution >= 4 is 36.6 Å². The second-order valence-corrected chi connectivity index (χ2v) is 6.24. The van der Waals surface area contributed by atoms with E-state index in [-0.39, 0.29) is 0 Å². The summed E-state index contributed by atoms with van der Waals surface area (Å²) in [5, 5.41) is 0. The van der Waals surface area contributed by atoms with E-state index in [1.807, 2.05) is 0 Å². The Balaban J connectivity index is 0. The quantitative estimate of drug-likeness (QED) is 0.413. The average molecular weight is 144 g/mol. The molecule has 0 aromatic heterocycles. The largest absolute Gasteiger partial charge is 0.324 e. The van der Waals surface area contributed by atoms with E-state index in [1.165, 1.54) is 27.9 Å². The molecule has 4 heteroatoms. The van der Waals surface area contributed by atoms with Crippen molar-refractivity contribution in [3.8, 4) is 0 Å². The van der Waals surface area contributed by atoms with Crippen molar-refractivity contribution in [2.24, 2.45) is 0 Å². The molecule has 8 heavy (non-hydrogen) atoms. The first-order valence-corrected chi connectivity index (χ1v) is 4.15. The maximum Gasteiger partial charge on any atom is 0.324 e. The van der Waals surface area contributed by atoms with Gasteiger partial charge in [0.2, 0.25) is 0 Å². The van der Waals surface area contributed by atoms with Crippen LogP contribution in [0.3, 0.4) is 0 Å². The van der Waals surface area contributed by atoms with Gasteiger partial charge in [-0.25, -0.2) is 4.57 Å². The second-order valence-electron chi connectivity index (χ2n) is 3.08. The van der Waals surface area contributed by atoms with Gasteiger partial charge in [-0.2, -0.15) is 0 Å². The molecule has 0 bridgehead atoms. The summed E-state index contributed by atoms with van der Waals surface area (Å²) in [4.78, 5) is 6.99. The summed E-state index contributed by atoms with van der Waals surface area (Å²) >= 11 is 1.31. The normalized spacial score (nSPS) is 10.2. The first kappa shape index (κ1) is 11.8. The van der Waals surface area contributed by atoms with E-state index < -0.39 is 8.69 Å². The second kappa shape index (κ2) is 6.18. The molecule has 44 valence electrons. The predicted octanol–water partition coefficient (Wildman–Crippen LogP) is 1.56. The maximum atomic E-state index is 8.46. The number of hydrogen-bond acceptors (Lipinski definition) is 1. The molecule has 0 aliphatic rings. The van der Waals surface area contributed by atoms with Crippen LogP contribution < -0.4 is 0 Å². The molecule has 2 nitrogen and oxygen atoms in total. The Labute approximate surface area is 69.4 Å². The van der Waals surface area contributed by atoms with E-state index in [0.29, 0.717) is 2.66 Å². The smallest absolute Gasteiger partial charge is 0.310 e. The molecule has 0 amide bonds. The third-order valence-corrected chi connectivity index (χ3v) is 0. The molecule has 0 unspecified atom stereocenters. The van der Waals surface area contributed by atoms with Gasteiger partial charge in [-0.3, -0.25) is 0 Å². The monoisotopic (exact) mass is 144 g/mol. The fraction of sp³-hybridized carbons (Fsp3) is 1.00. The van der Waals surface area contributed by atoms with Crippen LogP contribution in [0.15, 0.2) is 0 Å². The molecule has 0 spiro atoms. The summed E-state index contributed by atoms with van der Waals surface area (Å²) in [5.41, 5.74) is 0. The van der Waals surface area contributed by atoms with Gasteiger partial charge in [-0.15, -0.1) is 0 Å². The summed E-state index contributed by atoms with van der Waals surface area (Å²) in [7, 11) is -0.833. The van der Waals surface area contributed by atoms with Crippen LogP contribution in [0.4, 0.5) is 0 Å². The van der Waals surface area contributed by atoms with Crippen LogP contribution in [0.1, 0.15) is 20.8 Å². The fourth-order valence-electron chi connectivity index (χ4n) is 0. The summed E-state index contributed by atoms with van der Waals surface area (Å²) in [5.74, 6) is 0. The van der Waals surface area contributed by atoms with E-state index in [4.69, 9.17) is 9.46 Å². The van der Waals surface area contributed by atoms with Crippen molar-refractivity contribution in [2.45, 2.75) is 23.4 Å². The Bertz CT molecular complexity index is 53.5. The van der Waals surface area contributed by atoms with E-state index in [2.05, 4.69) is 20.8 Å². The molecule has 0 aromatic rings. The van der Waals surface area contributed by atoms with Gasteiger partial charge in [-0.05, 0) is 0 Å². The Kier molecular flexibility index (Phi) is 9.13. The van der Waals surface area contributed by atoms with E-state index in [1.54, 1.807) is 0 Å². The summed E-state index contributed by atoms with van der Waals surface area (Å²) in [6, 6.07) is 0. The first-order valence-electron chi connectivity index (χ1n) is 2.38. The van der Waals surface area contributed by atoms with Crippen molar-refractivity contribution in [3.05, 3.63) is 0 Å². The zero-order chi connectivity index (χ0) is 7.21. The van der Waals surface area contributed by atoms with Crippen LogP contribution in [-0.2, 0) is 4.57 Å². The molecular formula is C4H10NaO2P. The van der Waals surface area contributed by atoms with Gasteiger partial charge in [0, 0.05) is 0 Å². The number of hydrogen-bond donors (Lipinski definition) is 1. The van der Waals surface area contributed by atoms with Crippen LogP contribution in [0.25, 0.3) is 0 Å². The summed E-state index contributed by atoms with van der Waals surface area (Å²) in [6.45, 7) is 6.75. The zero-order valence-corrected chi connectivity index (χ0v) is 8.70. The minimum atomic E-state index is -0.833. The van der Waals surface area contributed by atoms with Gasteiger partial charge in [0.05, 0.1) is 0 Å². The molecule has 0 fully saturated rings. The molecule has 0 saturated carbocycles. The van der Waals surface area contributed by atoms with Gasteiger partial charge < -0.3 is 4.89 Å². The van der Waals surface area contributed by atoms with Crippen molar-refractivity contribution in [1.82, 2.24) is 0 Å². The third kappa shape index (κ3) is 231. The molecule has 0 aliphatic carbocycles. The molecule has 0 saturated heterocycles. The minimum Gasteiger partial charge on any atom is -0.310 e. The van der Waals surface area contributed by atoms with E-state index in [9.17, 15) is 0 Å². The van der Waals surface area contributed by atoms with Crippen LogP contribution in [0.2, 0.25) is 2.66 Å². The molecule has 0 radical (unpaired) electrons. The van der Waals surface area contributed by atoms with Gasteiger partial charge in [0.15, 0.2) is 0 Å². The van der Waals surface area contributed by atoms with Crippen molar-refractivity contribution in [1.29, 1.82) is 0 Å². The van der Waals surface area contributed by atoms with Crippen molar-refractivity contribution in [2.75, 3.05) is 0 Å². The van der Waals surface area contributed by atoms with Gasteiger partial charge >= 0.3 is 60.1 Å². The molecule has 0 heterocycles. The number of rotatable bonds is 0. The third-order valence-electron chi connectivity index (χ3n) is 0. The Hall–Kier alpha value is 1.06. The predicted molar refractivity (Wildman–Crippen MR) is 35.3 cm³/mol. The average Bonchev–Trinajstić information content (AvgIpc) is 1.27. The van der Waals surface area contributed by atoms with E-state index in [0.717, 1.165) is 0 Å². The summed E-state index contributed by atoms with van der Waals surface area (Å²) < 4.78 is 9.10. The topological polar surface area (TPSA) is 37.3 Å².